The van der Waals surface area contributed by atoms with E-state index in [0.29, 0.717) is 25.3 Å². The third-order valence-corrected chi connectivity index (χ3v) is 3.22. The Hall–Kier alpha value is -2.03. The summed E-state index contributed by atoms with van der Waals surface area (Å²) in [5, 5.41) is 14.4. The van der Waals surface area contributed by atoms with Gasteiger partial charge in [0.1, 0.15) is 0 Å². The van der Waals surface area contributed by atoms with Gasteiger partial charge in [0.15, 0.2) is 0 Å². The first-order chi connectivity index (χ1) is 10.2. The smallest absolute Gasteiger partial charge is 0.319 e. The molecule has 0 radical (unpaired) electrons. The van der Waals surface area contributed by atoms with Crippen molar-refractivity contribution in [3.05, 3.63) is 29.3 Å². The molecule has 1 aliphatic rings. The molecule has 1 aromatic carbocycles. The van der Waals surface area contributed by atoms with Crippen molar-refractivity contribution in [2.45, 2.75) is 25.8 Å². The maximum Gasteiger partial charge on any atom is 0.319 e. The highest BCUT2D eigenvalue weighted by atomic mass is 16.5. The summed E-state index contributed by atoms with van der Waals surface area (Å²) < 4.78 is 5.22. The van der Waals surface area contributed by atoms with Crippen LogP contribution in [-0.4, -0.2) is 37.0 Å². The van der Waals surface area contributed by atoms with Crippen LogP contribution in [-0.2, 0) is 4.74 Å². The van der Waals surface area contributed by atoms with Crippen molar-refractivity contribution in [2.24, 2.45) is 0 Å². The molecule has 2 rings (SSSR count). The number of anilines is 1. The van der Waals surface area contributed by atoms with Crippen LogP contribution in [0, 0.1) is 18.8 Å². The molecule has 2 amide bonds. The van der Waals surface area contributed by atoms with Crippen molar-refractivity contribution < 1.29 is 14.6 Å². The van der Waals surface area contributed by atoms with Crippen LogP contribution in [0.1, 0.15) is 24.0 Å². The number of hydrogen-bond acceptors (Lipinski definition) is 3. The number of aryl methyl sites for hydroxylation is 1. The van der Waals surface area contributed by atoms with Crippen LogP contribution in [0.15, 0.2) is 18.2 Å². The van der Waals surface area contributed by atoms with E-state index < -0.39 is 0 Å². The SMILES string of the molecule is Cc1ccc(NC(=O)NC2CCOC2)cc1C#CCCO. The van der Waals surface area contributed by atoms with E-state index in [4.69, 9.17) is 9.84 Å². The van der Waals surface area contributed by atoms with Gasteiger partial charge in [0.25, 0.3) is 0 Å². The van der Waals surface area contributed by atoms with Gasteiger partial charge in [-0.3, -0.25) is 0 Å². The van der Waals surface area contributed by atoms with Crippen LogP contribution in [0.5, 0.6) is 0 Å². The summed E-state index contributed by atoms with van der Waals surface area (Å²) in [5.74, 6) is 5.89. The molecule has 5 heteroatoms. The lowest BCUT2D eigenvalue weighted by Gasteiger charge is -2.12. The number of nitrogens with one attached hydrogen (secondary N) is 2. The minimum Gasteiger partial charge on any atom is -0.395 e. The normalized spacial score (nSPS) is 17.0. The molecule has 3 N–H and O–H groups in total. The van der Waals surface area contributed by atoms with Gasteiger partial charge in [-0.05, 0) is 31.0 Å². The van der Waals surface area contributed by atoms with Gasteiger partial charge in [-0.1, -0.05) is 17.9 Å². The number of rotatable bonds is 3. The number of benzene rings is 1. The first-order valence-corrected chi connectivity index (χ1v) is 7.04. The molecule has 0 aliphatic carbocycles. The predicted octanol–water partition coefficient (Wildman–Crippen LogP) is 1.64. The van der Waals surface area contributed by atoms with Gasteiger partial charge < -0.3 is 20.5 Å². The zero-order chi connectivity index (χ0) is 15.1. The fourth-order valence-electron chi connectivity index (χ4n) is 2.05. The van der Waals surface area contributed by atoms with Crippen LogP contribution in [0.4, 0.5) is 10.5 Å². The average molecular weight is 288 g/mol. The molecule has 1 fully saturated rings. The number of urea groups is 1. The maximum absolute atomic E-state index is 11.9. The lowest BCUT2D eigenvalue weighted by Crippen LogP contribution is -2.38. The molecule has 1 saturated heterocycles. The third kappa shape index (κ3) is 4.78. The second-order valence-electron chi connectivity index (χ2n) is 4.96. The third-order valence-electron chi connectivity index (χ3n) is 3.22. The molecule has 1 atom stereocenters. The van der Waals surface area contributed by atoms with Gasteiger partial charge in [-0.25, -0.2) is 4.79 Å². The summed E-state index contributed by atoms with van der Waals surface area (Å²) in [6, 6.07) is 5.45. The first-order valence-electron chi connectivity index (χ1n) is 7.04. The Morgan fingerprint density at radius 2 is 2.38 bits per heavy atom. The number of amides is 2. The molecule has 1 aromatic rings. The van der Waals surface area contributed by atoms with Gasteiger partial charge in [-0.2, -0.15) is 0 Å². The summed E-state index contributed by atoms with van der Waals surface area (Å²) in [4.78, 5) is 11.9. The van der Waals surface area contributed by atoms with E-state index >= 15 is 0 Å². The van der Waals surface area contributed by atoms with Crippen molar-refractivity contribution in [2.75, 3.05) is 25.1 Å². The van der Waals surface area contributed by atoms with E-state index in [1.807, 2.05) is 25.1 Å². The predicted molar refractivity (Wildman–Crippen MR) is 81.1 cm³/mol. The molecule has 1 heterocycles. The number of carbonyl (C=O) groups is 1. The summed E-state index contributed by atoms with van der Waals surface area (Å²) in [6.07, 6.45) is 1.29. The fourth-order valence-corrected chi connectivity index (χ4v) is 2.05. The highest BCUT2D eigenvalue weighted by Crippen LogP contribution is 2.14. The molecule has 0 spiro atoms. The second-order valence-corrected chi connectivity index (χ2v) is 4.96. The largest absolute Gasteiger partial charge is 0.395 e. The number of carbonyl (C=O) groups excluding carboxylic acids is 1. The van der Waals surface area contributed by atoms with Gasteiger partial charge >= 0.3 is 6.03 Å². The lowest BCUT2D eigenvalue weighted by atomic mass is 10.1. The Labute approximate surface area is 124 Å². The number of aliphatic hydroxyl groups is 1. The van der Waals surface area contributed by atoms with Crippen LogP contribution in [0.25, 0.3) is 0 Å². The summed E-state index contributed by atoms with van der Waals surface area (Å²) in [7, 11) is 0. The molecule has 1 aliphatic heterocycles. The molecule has 0 bridgehead atoms. The Morgan fingerprint density at radius 1 is 1.52 bits per heavy atom. The highest BCUT2D eigenvalue weighted by molar-refractivity contribution is 5.89. The fraction of sp³-hybridized carbons (Fsp3) is 0.438. The van der Waals surface area contributed by atoms with Gasteiger partial charge in [-0.15, -0.1) is 0 Å². The zero-order valence-corrected chi connectivity index (χ0v) is 12.1. The Bertz CT molecular complexity index is 554. The Balaban J connectivity index is 1.98. The van der Waals surface area contributed by atoms with Crippen molar-refractivity contribution in [1.29, 1.82) is 0 Å². The van der Waals surface area contributed by atoms with Crippen molar-refractivity contribution in [3.63, 3.8) is 0 Å². The topological polar surface area (TPSA) is 70.6 Å². The molecule has 5 nitrogen and oxygen atoms in total. The van der Waals surface area contributed by atoms with Crippen molar-refractivity contribution >= 4 is 11.7 Å². The number of aliphatic hydroxyl groups excluding tert-OH is 1. The second kappa shape index (κ2) is 7.67. The Kier molecular flexibility index (Phi) is 5.61. The average Bonchev–Trinajstić information content (AvgIpc) is 2.95. The highest BCUT2D eigenvalue weighted by Gasteiger charge is 2.17. The van der Waals surface area contributed by atoms with E-state index in [1.165, 1.54) is 0 Å². The van der Waals surface area contributed by atoms with E-state index in [-0.39, 0.29) is 18.7 Å². The lowest BCUT2D eigenvalue weighted by molar-refractivity contribution is 0.189. The minimum absolute atomic E-state index is 0.0514. The van der Waals surface area contributed by atoms with Crippen molar-refractivity contribution in [1.82, 2.24) is 5.32 Å². The molecule has 112 valence electrons. The molecule has 1 unspecified atom stereocenters. The molecule has 21 heavy (non-hydrogen) atoms. The first kappa shape index (κ1) is 15.4. The summed E-state index contributed by atoms with van der Waals surface area (Å²) >= 11 is 0. The van der Waals surface area contributed by atoms with E-state index in [2.05, 4.69) is 22.5 Å². The van der Waals surface area contributed by atoms with Crippen LogP contribution >= 0.6 is 0 Å². The molecular weight excluding hydrogens is 268 g/mol. The minimum atomic E-state index is -0.233. The molecule has 0 saturated carbocycles. The quantitative estimate of drug-likeness (QED) is 0.741. The Morgan fingerprint density at radius 3 is 3.10 bits per heavy atom. The summed E-state index contributed by atoms with van der Waals surface area (Å²) in [6.45, 7) is 3.28. The zero-order valence-electron chi connectivity index (χ0n) is 12.1. The summed E-state index contributed by atoms with van der Waals surface area (Å²) in [5.41, 5.74) is 2.59. The van der Waals surface area contributed by atoms with Gasteiger partial charge in [0.05, 0.1) is 19.3 Å². The van der Waals surface area contributed by atoms with Crippen LogP contribution in [0.2, 0.25) is 0 Å². The van der Waals surface area contributed by atoms with E-state index in [9.17, 15) is 4.79 Å². The monoisotopic (exact) mass is 288 g/mol. The number of ether oxygens (including phenoxy) is 1. The van der Waals surface area contributed by atoms with Crippen LogP contribution in [0.3, 0.4) is 0 Å². The van der Waals surface area contributed by atoms with Crippen molar-refractivity contribution in [3.8, 4) is 11.8 Å². The number of hydrogen-bond donors (Lipinski definition) is 3. The standard InChI is InChI=1S/C16H20N2O3/c1-12-5-6-14(10-13(12)4-2-3-8-19)17-16(20)18-15-7-9-21-11-15/h5-6,10,15,19H,3,7-9,11H2,1H3,(H2,17,18,20). The van der Waals surface area contributed by atoms with Gasteiger partial charge in [0.2, 0.25) is 0 Å². The maximum atomic E-state index is 11.9. The molecule has 0 aromatic heterocycles. The van der Waals surface area contributed by atoms with E-state index in [1.54, 1.807) is 0 Å². The van der Waals surface area contributed by atoms with Crippen LogP contribution < -0.4 is 10.6 Å². The van der Waals surface area contributed by atoms with E-state index in [0.717, 1.165) is 17.5 Å². The molecular formula is C16H20N2O3. The van der Waals surface area contributed by atoms with Gasteiger partial charge in [0, 0.05) is 24.3 Å².